The number of hydrogen-bond donors (Lipinski definition) is 6. The Morgan fingerprint density at radius 1 is 0.434 bits per heavy atom. The zero-order valence-electron chi connectivity index (χ0n) is 32.4. The monoisotopic (exact) mass is 761 g/mol. The minimum absolute atomic E-state index is 0.0462. The van der Waals surface area contributed by atoms with Crippen molar-refractivity contribution < 1.29 is 53.1 Å². The van der Waals surface area contributed by atoms with Gasteiger partial charge in [0.05, 0.1) is 39.6 Å². The van der Waals surface area contributed by atoms with E-state index in [4.69, 9.17) is 34.9 Å². The molecule has 0 aromatic carbocycles. The van der Waals surface area contributed by atoms with E-state index >= 15 is 0 Å². The van der Waals surface area contributed by atoms with Gasteiger partial charge in [0.15, 0.2) is 0 Å². The van der Waals surface area contributed by atoms with E-state index in [1.807, 2.05) is 0 Å². The number of hydrogen-bond acceptors (Lipinski definition) is 10. The first-order valence-corrected chi connectivity index (χ1v) is 20.0. The lowest BCUT2D eigenvalue weighted by Gasteiger charge is -2.09. The molecule has 0 unspecified atom stereocenters. The highest BCUT2D eigenvalue weighted by atomic mass is 16.5. The second kappa shape index (κ2) is 38.9. The van der Waals surface area contributed by atoms with E-state index in [-0.39, 0.29) is 50.8 Å². The van der Waals surface area contributed by atoms with Gasteiger partial charge in [0.25, 0.3) is 0 Å². The third-order valence-electron chi connectivity index (χ3n) is 8.47. The summed E-state index contributed by atoms with van der Waals surface area (Å²) in [5, 5.41) is 25.6. The lowest BCUT2D eigenvalue weighted by atomic mass is 10.0. The van der Waals surface area contributed by atoms with Crippen molar-refractivity contribution in [3.05, 3.63) is 0 Å². The van der Waals surface area contributed by atoms with Crippen molar-refractivity contribution in [1.29, 1.82) is 0 Å². The van der Waals surface area contributed by atoms with E-state index in [1.54, 1.807) is 0 Å². The van der Waals surface area contributed by atoms with E-state index in [0.29, 0.717) is 71.6 Å². The Kier molecular flexibility index (Phi) is 36.8. The Morgan fingerprint density at radius 3 is 1.25 bits per heavy atom. The van der Waals surface area contributed by atoms with Gasteiger partial charge < -0.3 is 50.8 Å². The standard InChI is InChI=1S/C38H72N4O11/c39-33(38(48)49)19-17-18-22-40-35(44)31-52-29-28-51-26-24-42-36(45)32-53-30-27-50-25-23-41-34(43)20-15-13-11-9-7-5-3-1-2-4-6-8-10-12-14-16-21-37(46)47/h33H,1-32,39H2,(H,40,44)(H,41,43)(H,42,45)(H,46,47)(H,48,49)/t33-/m0/s1. The molecule has 0 bridgehead atoms. The van der Waals surface area contributed by atoms with Crippen LogP contribution >= 0.6 is 0 Å². The van der Waals surface area contributed by atoms with Crippen LogP contribution in [0.3, 0.4) is 0 Å². The molecule has 0 aromatic rings. The molecular formula is C38H72N4O11. The first-order chi connectivity index (χ1) is 25.7. The van der Waals surface area contributed by atoms with Gasteiger partial charge in [0.2, 0.25) is 17.7 Å². The van der Waals surface area contributed by atoms with Crippen LogP contribution in [0.2, 0.25) is 0 Å². The van der Waals surface area contributed by atoms with Gasteiger partial charge in [0.1, 0.15) is 19.3 Å². The number of carbonyl (C=O) groups is 5. The van der Waals surface area contributed by atoms with Crippen LogP contribution in [0, 0.1) is 0 Å². The highest BCUT2D eigenvalue weighted by Gasteiger charge is 2.10. The van der Waals surface area contributed by atoms with Crippen LogP contribution < -0.4 is 21.7 Å². The molecule has 53 heavy (non-hydrogen) atoms. The third kappa shape index (κ3) is 40.2. The number of nitrogens with one attached hydrogen (secondary N) is 3. The molecule has 1 atom stereocenters. The van der Waals surface area contributed by atoms with Gasteiger partial charge in [-0.1, -0.05) is 89.9 Å². The van der Waals surface area contributed by atoms with Crippen LogP contribution in [-0.4, -0.2) is 118 Å². The summed E-state index contributed by atoms with van der Waals surface area (Å²) in [6.07, 6.45) is 21.4. The quantitative estimate of drug-likeness (QED) is 0.0485. The summed E-state index contributed by atoms with van der Waals surface area (Å²) in [6.45, 7) is 2.76. The highest BCUT2D eigenvalue weighted by Crippen LogP contribution is 2.14. The lowest BCUT2D eigenvalue weighted by molar-refractivity contribution is -0.139. The molecule has 0 saturated carbocycles. The van der Waals surface area contributed by atoms with Crippen LogP contribution in [-0.2, 0) is 42.9 Å². The molecule has 0 heterocycles. The van der Waals surface area contributed by atoms with Crippen LogP contribution in [0.25, 0.3) is 0 Å². The molecule has 0 spiro atoms. The van der Waals surface area contributed by atoms with Crippen molar-refractivity contribution in [1.82, 2.24) is 16.0 Å². The molecule has 0 aliphatic rings. The Balaban J connectivity index is 3.32. The van der Waals surface area contributed by atoms with Crippen LogP contribution in [0.5, 0.6) is 0 Å². The van der Waals surface area contributed by atoms with E-state index in [9.17, 15) is 24.0 Å². The molecule has 0 rings (SSSR count). The number of carboxylic acid groups (broad SMARTS) is 2. The number of ether oxygens (including phenoxy) is 4. The fourth-order valence-corrected chi connectivity index (χ4v) is 5.36. The largest absolute Gasteiger partial charge is 0.481 e. The van der Waals surface area contributed by atoms with Gasteiger partial charge in [-0.05, 0) is 32.1 Å². The number of carboxylic acids is 2. The Morgan fingerprint density at radius 2 is 0.811 bits per heavy atom. The maximum Gasteiger partial charge on any atom is 0.320 e. The fourth-order valence-electron chi connectivity index (χ4n) is 5.36. The van der Waals surface area contributed by atoms with Gasteiger partial charge >= 0.3 is 11.9 Å². The number of amides is 3. The maximum atomic E-state index is 12.0. The van der Waals surface area contributed by atoms with Crippen molar-refractivity contribution >= 4 is 29.7 Å². The molecule has 7 N–H and O–H groups in total. The zero-order chi connectivity index (χ0) is 39.0. The minimum Gasteiger partial charge on any atom is -0.481 e. The zero-order valence-corrected chi connectivity index (χ0v) is 32.4. The van der Waals surface area contributed by atoms with E-state index in [2.05, 4.69) is 16.0 Å². The maximum absolute atomic E-state index is 12.0. The van der Waals surface area contributed by atoms with E-state index in [0.717, 1.165) is 32.1 Å². The number of aliphatic carboxylic acids is 2. The molecular weight excluding hydrogens is 688 g/mol. The van der Waals surface area contributed by atoms with Crippen LogP contribution in [0.4, 0.5) is 0 Å². The molecule has 0 aromatic heterocycles. The van der Waals surface area contributed by atoms with Gasteiger partial charge in [-0.3, -0.25) is 24.0 Å². The topological polar surface area (TPSA) is 225 Å². The van der Waals surface area contributed by atoms with Crippen molar-refractivity contribution in [2.45, 2.75) is 141 Å². The number of unbranched alkanes of at least 4 members (excludes halogenated alkanes) is 16. The summed E-state index contributed by atoms with van der Waals surface area (Å²) >= 11 is 0. The summed E-state index contributed by atoms with van der Waals surface area (Å²) in [7, 11) is 0. The second-order valence-corrected chi connectivity index (χ2v) is 13.4. The van der Waals surface area contributed by atoms with Crippen molar-refractivity contribution in [3.8, 4) is 0 Å². The molecule has 15 nitrogen and oxygen atoms in total. The normalized spacial score (nSPS) is 11.6. The highest BCUT2D eigenvalue weighted by molar-refractivity contribution is 5.77. The molecule has 0 saturated heterocycles. The van der Waals surface area contributed by atoms with Crippen molar-refractivity contribution in [2.24, 2.45) is 5.73 Å². The third-order valence-corrected chi connectivity index (χ3v) is 8.47. The first-order valence-electron chi connectivity index (χ1n) is 20.0. The van der Waals surface area contributed by atoms with E-state index < -0.39 is 18.0 Å². The van der Waals surface area contributed by atoms with Crippen molar-refractivity contribution in [2.75, 3.05) is 72.5 Å². The predicted octanol–water partition coefficient (Wildman–Crippen LogP) is 4.09. The molecule has 3 amide bonds. The minimum atomic E-state index is -1.03. The SMILES string of the molecule is N[C@@H](CCCCNC(=O)COCCOCCNC(=O)COCCOCCNC(=O)CCCCCCCCCCCCCCCCCCC(=O)O)C(=O)O. The number of nitrogens with two attached hydrogens (primary N) is 1. The van der Waals surface area contributed by atoms with Gasteiger partial charge in [0, 0.05) is 32.5 Å². The Hall–Kier alpha value is -2.85. The number of carbonyl (C=O) groups excluding carboxylic acids is 3. The van der Waals surface area contributed by atoms with E-state index in [1.165, 1.54) is 70.6 Å². The van der Waals surface area contributed by atoms with Crippen LogP contribution in [0.15, 0.2) is 0 Å². The average Bonchev–Trinajstić information content (AvgIpc) is 3.12. The Labute approximate surface area is 317 Å². The Bertz CT molecular complexity index is 927. The molecule has 0 fully saturated rings. The van der Waals surface area contributed by atoms with Crippen molar-refractivity contribution in [3.63, 3.8) is 0 Å². The van der Waals surface area contributed by atoms with Gasteiger partial charge in [-0.2, -0.15) is 0 Å². The second-order valence-electron chi connectivity index (χ2n) is 13.4. The number of rotatable bonds is 41. The van der Waals surface area contributed by atoms with Crippen LogP contribution in [0.1, 0.15) is 135 Å². The predicted molar refractivity (Wildman–Crippen MR) is 203 cm³/mol. The smallest absolute Gasteiger partial charge is 0.320 e. The molecule has 0 aliphatic carbocycles. The average molecular weight is 761 g/mol. The first kappa shape index (κ1) is 50.1. The lowest BCUT2D eigenvalue weighted by Crippen LogP contribution is -2.32. The summed E-state index contributed by atoms with van der Waals surface area (Å²) < 4.78 is 21.3. The van der Waals surface area contributed by atoms with Gasteiger partial charge in [-0.25, -0.2) is 0 Å². The summed E-state index contributed by atoms with van der Waals surface area (Å²) in [6, 6.07) is -0.878. The fraction of sp³-hybridized carbons (Fsp3) is 0.868. The molecule has 0 aliphatic heterocycles. The summed E-state index contributed by atoms with van der Waals surface area (Å²) in [5.41, 5.74) is 5.42. The van der Waals surface area contributed by atoms with Gasteiger partial charge in [-0.15, -0.1) is 0 Å². The molecule has 15 heteroatoms. The summed E-state index contributed by atoms with van der Waals surface area (Å²) in [4.78, 5) is 56.7. The molecule has 0 radical (unpaired) electrons. The molecule has 310 valence electrons. The summed E-state index contributed by atoms with van der Waals surface area (Å²) in [5.74, 6) is -2.20.